The lowest BCUT2D eigenvalue weighted by atomic mass is 9.95. The summed E-state index contributed by atoms with van der Waals surface area (Å²) in [7, 11) is 1.56. The number of fused-ring (bicyclic) bond motifs is 5. The van der Waals surface area contributed by atoms with E-state index in [0.29, 0.717) is 5.75 Å². The molecule has 5 heteroatoms. The van der Waals surface area contributed by atoms with Gasteiger partial charge in [0, 0.05) is 17.9 Å². The van der Waals surface area contributed by atoms with Crippen LogP contribution < -0.4 is 18.8 Å². The largest absolute Gasteiger partial charge is 0.504 e. The predicted molar refractivity (Wildman–Crippen MR) is 87.6 cm³/mol. The van der Waals surface area contributed by atoms with Crippen LogP contribution in [0.4, 0.5) is 0 Å². The first kappa shape index (κ1) is 13.5. The van der Waals surface area contributed by atoms with E-state index in [1.54, 1.807) is 13.2 Å². The molecule has 0 fully saturated rings. The van der Waals surface area contributed by atoms with Gasteiger partial charge in [-0.25, -0.2) is 0 Å². The summed E-state index contributed by atoms with van der Waals surface area (Å²) in [5, 5.41) is 12.0. The number of phenols is 1. The number of hydrogen-bond acceptors (Lipinski definition) is 4. The summed E-state index contributed by atoms with van der Waals surface area (Å²) in [6.07, 6.45) is 3.02. The molecule has 120 valence electrons. The Labute approximate surface area is 138 Å². The standard InChI is InChI=1S/C19H15NO4/c1-22-17-7-12-4-15-14-8-19-18(23-10-24-19)6-11(14)2-3-20(15)9-13(12)5-16(17)21/h4-9H,2-3,10H2,1H3/p+1. The van der Waals surface area contributed by atoms with Crippen molar-refractivity contribution >= 4 is 10.8 Å². The average molecular weight is 322 g/mol. The number of aromatic hydroxyl groups is 1. The summed E-state index contributed by atoms with van der Waals surface area (Å²) in [4.78, 5) is 0. The van der Waals surface area contributed by atoms with Crippen molar-refractivity contribution in [2.24, 2.45) is 0 Å². The molecule has 0 atom stereocenters. The third-order valence-electron chi connectivity index (χ3n) is 4.78. The number of hydrogen-bond donors (Lipinski definition) is 1. The van der Waals surface area contributed by atoms with Gasteiger partial charge in [0.05, 0.1) is 12.7 Å². The van der Waals surface area contributed by atoms with Gasteiger partial charge in [-0.1, -0.05) is 0 Å². The summed E-state index contributed by atoms with van der Waals surface area (Å²) in [6, 6.07) is 9.90. The van der Waals surface area contributed by atoms with E-state index in [9.17, 15) is 5.11 Å². The van der Waals surface area contributed by atoms with E-state index < -0.39 is 0 Å². The molecule has 1 N–H and O–H groups in total. The first-order valence-corrected chi connectivity index (χ1v) is 7.90. The Kier molecular flexibility index (Phi) is 2.68. The topological polar surface area (TPSA) is 51.8 Å². The van der Waals surface area contributed by atoms with Gasteiger partial charge >= 0.3 is 0 Å². The Bertz CT molecular complexity index is 997. The highest BCUT2D eigenvalue weighted by Crippen LogP contribution is 2.40. The molecule has 5 nitrogen and oxygen atoms in total. The van der Waals surface area contributed by atoms with E-state index in [0.717, 1.165) is 40.9 Å². The first-order valence-electron chi connectivity index (χ1n) is 7.90. The van der Waals surface area contributed by atoms with Crippen LogP contribution in [-0.4, -0.2) is 19.0 Å². The number of methoxy groups -OCH3 is 1. The molecule has 0 unspecified atom stereocenters. The van der Waals surface area contributed by atoms with Gasteiger partial charge in [0.1, 0.15) is 0 Å². The lowest BCUT2D eigenvalue weighted by Gasteiger charge is -2.16. The fourth-order valence-corrected chi connectivity index (χ4v) is 3.56. The van der Waals surface area contributed by atoms with Crippen LogP contribution in [-0.2, 0) is 13.0 Å². The van der Waals surface area contributed by atoms with E-state index in [2.05, 4.69) is 29.0 Å². The lowest BCUT2D eigenvalue weighted by molar-refractivity contribution is -0.686. The SMILES string of the molecule is COc1cc2cc3[n+](cc2cc1O)CCc1cc2c(cc1-3)OCO2. The maximum atomic E-state index is 10.0. The Morgan fingerprint density at radius 3 is 2.71 bits per heavy atom. The Hall–Kier alpha value is -2.95. The van der Waals surface area contributed by atoms with Crippen LogP contribution in [0, 0.1) is 0 Å². The van der Waals surface area contributed by atoms with Gasteiger partial charge in [-0.05, 0) is 35.2 Å². The number of benzene rings is 2. The normalized spacial score (nSPS) is 14.4. The van der Waals surface area contributed by atoms with E-state index in [-0.39, 0.29) is 12.5 Å². The Balaban J connectivity index is 1.75. The lowest BCUT2D eigenvalue weighted by Crippen LogP contribution is -2.39. The third kappa shape index (κ3) is 1.84. The molecule has 2 aromatic carbocycles. The maximum Gasteiger partial charge on any atom is 0.231 e. The molecule has 0 saturated heterocycles. The maximum absolute atomic E-state index is 10.0. The Morgan fingerprint density at radius 1 is 1.04 bits per heavy atom. The van der Waals surface area contributed by atoms with Crippen LogP contribution in [0.3, 0.4) is 0 Å². The molecule has 0 amide bonds. The minimum absolute atomic E-state index is 0.158. The number of nitrogens with zero attached hydrogens (tertiary/aromatic N) is 1. The van der Waals surface area contributed by atoms with Gasteiger partial charge in [-0.15, -0.1) is 0 Å². The zero-order valence-electron chi connectivity index (χ0n) is 13.2. The van der Waals surface area contributed by atoms with E-state index in [1.807, 2.05) is 6.07 Å². The van der Waals surface area contributed by atoms with Gasteiger partial charge in [0.15, 0.2) is 35.7 Å². The summed E-state index contributed by atoms with van der Waals surface area (Å²) >= 11 is 0. The van der Waals surface area contributed by atoms with Crippen LogP contribution in [0.1, 0.15) is 5.56 Å². The zero-order valence-corrected chi connectivity index (χ0v) is 13.2. The van der Waals surface area contributed by atoms with Crippen LogP contribution in [0.25, 0.3) is 22.0 Å². The van der Waals surface area contributed by atoms with Crippen LogP contribution in [0.5, 0.6) is 23.0 Å². The summed E-state index contributed by atoms with van der Waals surface area (Å²) in [6.45, 7) is 1.18. The smallest absolute Gasteiger partial charge is 0.231 e. The fraction of sp³-hybridized carbons (Fsp3) is 0.211. The number of ether oxygens (including phenoxy) is 3. The van der Waals surface area contributed by atoms with Crippen LogP contribution in [0.2, 0.25) is 0 Å². The summed E-state index contributed by atoms with van der Waals surface area (Å²) in [5.74, 6) is 2.26. The highest BCUT2D eigenvalue weighted by molar-refractivity contribution is 5.87. The van der Waals surface area contributed by atoms with Crippen molar-refractivity contribution < 1.29 is 23.9 Å². The van der Waals surface area contributed by atoms with E-state index in [1.165, 1.54) is 11.1 Å². The molecule has 0 saturated carbocycles. The molecule has 2 aliphatic rings. The third-order valence-corrected chi connectivity index (χ3v) is 4.78. The van der Waals surface area contributed by atoms with Crippen molar-refractivity contribution in [3.63, 3.8) is 0 Å². The molecule has 24 heavy (non-hydrogen) atoms. The van der Waals surface area contributed by atoms with Gasteiger partial charge in [0.25, 0.3) is 0 Å². The molecular formula is C19H16NO4+. The second kappa shape index (κ2) is 4.77. The minimum atomic E-state index is 0.158. The molecule has 2 aliphatic heterocycles. The van der Waals surface area contributed by atoms with Crippen molar-refractivity contribution in [2.75, 3.05) is 13.9 Å². The molecule has 0 bridgehead atoms. The molecule has 5 rings (SSSR count). The zero-order chi connectivity index (χ0) is 16.3. The second-order valence-corrected chi connectivity index (χ2v) is 6.12. The van der Waals surface area contributed by atoms with Crippen LogP contribution >= 0.6 is 0 Å². The quantitative estimate of drug-likeness (QED) is 0.700. The van der Waals surface area contributed by atoms with Crippen molar-refractivity contribution in [3.05, 3.63) is 42.1 Å². The highest BCUT2D eigenvalue weighted by atomic mass is 16.7. The van der Waals surface area contributed by atoms with Crippen LogP contribution in [0.15, 0.2) is 36.5 Å². The molecule has 1 aromatic heterocycles. The monoisotopic (exact) mass is 322 g/mol. The van der Waals surface area contributed by atoms with E-state index >= 15 is 0 Å². The highest BCUT2D eigenvalue weighted by Gasteiger charge is 2.27. The van der Waals surface area contributed by atoms with Gasteiger partial charge in [-0.2, -0.15) is 4.57 Å². The first-order chi connectivity index (χ1) is 11.7. The second-order valence-electron chi connectivity index (χ2n) is 6.12. The van der Waals surface area contributed by atoms with Gasteiger partial charge in [0.2, 0.25) is 12.5 Å². The molecule has 0 spiro atoms. The van der Waals surface area contributed by atoms with Gasteiger partial charge in [-0.3, -0.25) is 0 Å². The molecular weight excluding hydrogens is 306 g/mol. The number of rotatable bonds is 1. The number of phenolic OH excluding ortho intramolecular Hbond substituents is 1. The number of aryl methyl sites for hydroxylation is 2. The fourth-order valence-electron chi connectivity index (χ4n) is 3.56. The van der Waals surface area contributed by atoms with Crippen molar-refractivity contribution in [2.45, 2.75) is 13.0 Å². The average Bonchev–Trinajstić information content (AvgIpc) is 3.05. The number of pyridine rings is 1. The van der Waals surface area contributed by atoms with Crippen molar-refractivity contribution in [1.29, 1.82) is 0 Å². The summed E-state index contributed by atoms with van der Waals surface area (Å²) in [5.41, 5.74) is 3.57. The predicted octanol–water partition coefficient (Wildman–Crippen LogP) is 2.79. The molecule has 0 radical (unpaired) electrons. The molecule has 3 heterocycles. The Morgan fingerprint density at radius 2 is 1.88 bits per heavy atom. The minimum Gasteiger partial charge on any atom is -0.504 e. The molecule has 0 aliphatic carbocycles. The molecule has 3 aromatic rings. The van der Waals surface area contributed by atoms with Crippen molar-refractivity contribution in [1.82, 2.24) is 0 Å². The van der Waals surface area contributed by atoms with E-state index in [4.69, 9.17) is 14.2 Å². The summed E-state index contributed by atoms with van der Waals surface area (Å²) < 4.78 is 18.5. The number of aromatic nitrogens is 1. The van der Waals surface area contributed by atoms with Crippen molar-refractivity contribution in [3.8, 4) is 34.3 Å². The van der Waals surface area contributed by atoms with Gasteiger partial charge < -0.3 is 19.3 Å².